The fourth-order valence-electron chi connectivity index (χ4n) is 4.64. The van der Waals surface area contributed by atoms with E-state index >= 15 is 0 Å². The lowest BCUT2D eigenvalue weighted by Crippen LogP contribution is -2.27. The van der Waals surface area contributed by atoms with E-state index in [1.807, 2.05) is 50.8 Å². The average molecular weight is 456 g/mol. The number of nitrogen functional groups attached to an aromatic ring is 1. The highest BCUT2D eigenvalue weighted by Gasteiger charge is 2.33. The molecule has 0 radical (unpaired) electrons. The van der Waals surface area contributed by atoms with Gasteiger partial charge in [-0.05, 0) is 37.1 Å². The minimum Gasteiger partial charge on any atom is -0.368 e. The first kappa shape index (κ1) is 21.8. The van der Waals surface area contributed by atoms with Gasteiger partial charge in [0.15, 0.2) is 0 Å². The van der Waals surface area contributed by atoms with Crippen molar-refractivity contribution in [2.24, 2.45) is 7.05 Å². The molecule has 0 amide bonds. The van der Waals surface area contributed by atoms with Crippen LogP contribution in [0.5, 0.6) is 0 Å². The average Bonchev–Trinajstić information content (AvgIpc) is 3.45. The lowest BCUT2D eigenvalue weighted by atomic mass is 9.75. The molecule has 0 spiro atoms. The number of nitrogens with two attached hydrogens (primary N) is 1. The Bertz CT molecular complexity index is 1490. The molecule has 0 fully saturated rings. The topological polar surface area (TPSA) is 98.3 Å². The fourth-order valence-corrected chi connectivity index (χ4v) is 4.64. The third-order valence-electron chi connectivity index (χ3n) is 6.37. The van der Waals surface area contributed by atoms with E-state index in [1.54, 1.807) is 16.9 Å². The van der Waals surface area contributed by atoms with Crippen molar-refractivity contribution < 1.29 is 4.39 Å². The number of halogens is 1. The summed E-state index contributed by atoms with van der Waals surface area (Å²) in [6, 6.07) is 10.8. The van der Waals surface area contributed by atoms with Crippen molar-refractivity contribution >= 4 is 17.0 Å². The Morgan fingerprint density at radius 3 is 2.68 bits per heavy atom. The van der Waals surface area contributed by atoms with E-state index in [-0.39, 0.29) is 11.8 Å². The van der Waals surface area contributed by atoms with Gasteiger partial charge in [-0.15, -0.1) is 0 Å². The highest BCUT2D eigenvalue weighted by Crippen LogP contribution is 2.39. The van der Waals surface area contributed by atoms with Crippen LogP contribution in [-0.2, 0) is 12.5 Å². The third kappa shape index (κ3) is 3.71. The maximum absolute atomic E-state index is 14.9. The molecule has 8 heteroatoms. The first-order chi connectivity index (χ1) is 16.4. The number of fused-ring (bicyclic) bond motifs is 1. The number of hydrogen-bond acceptors (Lipinski definition) is 5. The van der Waals surface area contributed by atoms with Crippen LogP contribution in [0.15, 0.2) is 61.2 Å². The van der Waals surface area contributed by atoms with Crippen LogP contribution in [0.4, 0.5) is 10.3 Å². The van der Waals surface area contributed by atoms with E-state index in [4.69, 9.17) is 5.73 Å². The predicted molar refractivity (Wildman–Crippen MR) is 131 cm³/mol. The molecule has 3 N–H and O–H groups in total. The molecule has 34 heavy (non-hydrogen) atoms. The number of aromatic amines is 1. The number of aromatic nitrogens is 6. The summed E-state index contributed by atoms with van der Waals surface area (Å²) in [4.78, 5) is 16.9. The first-order valence-corrected chi connectivity index (χ1v) is 11.3. The highest BCUT2D eigenvalue weighted by molar-refractivity contribution is 5.95. The molecule has 0 aliphatic heterocycles. The Morgan fingerprint density at radius 1 is 1.12 bits per heavy atom. The van der Waals surface area contributed by atoms with E-state index in [9.17, 15) is 4.39 Å². The van der Waals surface area contributed by atoms with Crippen LogP contribution in [0.3, 0.4) is 0 Å². The van der Waals surface area contributed by atoms with Gasteiger partial charge in [-0.1, -0.05) is 31.5 Å². The smallest absolute Gasteiger partial charge is 0.220 e. The number of aryl methyl sites for hydroxylation is 1. The lowest BCUT2D eigenvalue weighted by molar-refractivity contribution is 0.465. The SMILES string of the molecule is CCC[C@@](C)(c1cc(-c2c[nH]c3ncc(-c4cnn(C)c4)cc23)nc(N)n1)c1ccccc1F. The zero-order valence-electron chi connectivity index (χ0n) is 19.4. The molecule has 1 aromatic carbocycles. The van der Waals surface area contributed by atoms with Crippen LogP contribution < -0.4 is 5.73 Å². The van der Waals surface area contributed by atoms with Gasteiger partial charge in [0.2, 0.25) is 5.95 Å². The molecule has 5 rings (SSSR count). The number of hydrogen-bond donors (Lipinski definition) is 2. The molecule has 0 aliphatic rings. The molecule has 172 valence electrons. The maximum Gasteiger partial charge on any atom is 0.220 e. The minimum absolute atomic E-state index is 0.150. The van der Waals surface area contributed by atoms with Crippen molar-refractivity contribution in [1.82, 2.24) is 29.7 Å². The first-order valence-electron chi connectivity index (χ1n) is 11.3. The fraction of sp³-hybridized carbons (Fsp3) is 0.231. The summed E-state index contributed by atoms with van der Waals surface area (Å²) >= 11 is 0. The second-order valence-corrected chi connectivity index (χ2v) is 8.78. The Labute approximate surface area is 196 Å². The summed E-state index contributed by atoms with van der Waals surface area (Å²) in [6.45, 7) is 4.09. The van der Waals surface area contributed by atoms with Gasteiger partial charge in [0.1, 0.15) is 11.5 Å². The number of H-pyrrole nitrogens is 1. The van der Waals surface area contributed by atoms with Crippen LogP contribution in [0.2, 0.25) is 0 Å². The van der Waals surface area contributed by atoms with Crippen LogP contribution in [0, 0.1) is 5.82 Å². The van der Waals surface area contributed by atoms with Crippen LogP contribution in [-0.4, -0.2) is 29.7 Å². The standard InChI is InChI=1S/C26H26FN7/c1-4-9-26(2,20-7-5-6-8-21(20)27)23-11-22(32-25(28)33-23)19-14-30-24-18(19)10-16(12-29-24)17-13-31-34(3)15-17/h5-8,10-15H,4,9H2,1-3H3,(H,29,30)(H2,28,32,33)/t26-/m1/s1. The normalized spacial score (nSPS) is 13.3. The minimum atomic E-state index is -0.656. The molecule has 0 unspecified atom stereocenters. The Kier molecular flexibility index (Phi) is 5.36. The van der Waals surface area contributed by atoms with E-state index < -0.39 is 5.41 Å². The second-order valence-electron chi connectivity index (χ2n) is 8.78. The summed E-state index contributed by atoms with van der Waals surface area (Å²) < 4.78 is 16.6. The molecular formula is C26H26FN7. The van der Waals surface area contributed by atoms with Crippen molar-refractivity contribution in [3.63, 3.8) is 0 Å². The molecule has 0 bridgehead atoms. The molecule has 4 aromatic heterocycles. The highest BCUT2D eigenvalue weighted by atomic mass is 19.1. The number of anilines is 1. The van der Waals surface area contributed by atoms with Crippen molar-refractivity contribution in [2.45, 2.75) is 32.1 Å². The van der Waals surface area contributed by atoms with Crippen molar-refractivity contribution in [3.8, 4) is 22.4 Å². The largest absolute Gasteiger partial charge is 0.368 e. The molecule has 4 heterocycles. The van der Waals surface area contributed by atoms with Gasteiger partial charge in [-0.3, -0.25) is 4.68 Å². The maximum atomic E-state index is 14.9. The number of rotatable bonds is 6. The van der Waals surface area contributed by atoms with Crippen molar-refractivity contribution in [1.29, 1.82) is 0 Å². The monoisotopic (exact) mass is 455 g/mol. The second kappa shape index (κ2) is 8.37. The van der Waals surface area contributed by atoms with Gasteiger partial charge in [-0.2, -0.15) is 5.10 Å². The van der Waals surface area contributed by atoms with E-state index in [2.05, 4.69) is 38.0 Å². The van der Waals surface area contributed by atoms with Gasteiger partial charge >= 0.3 is 0 Å². The van der Waals surface area contributed by atoms with Gasteiger partial charge in [0.05, 0.1) is 17.6 Å². The summed E-state index contributed by atoms with van der Waals surface area (Å²) in [6.07, 6.45) is 9.01. The van der Waals surface area contributed by atoms with Crippen molar-refractivity contribution in [2.75, 3.05) is 5.73 Å². The number of pyridine rings is 1. The van der Waals surface area contributed by atoms with E-state index in [0.717, 1.165) is 34.1 Å². The molecule has 1 atom stereocenters. The number of benzene rings is 1. The number of nitrogens with zero attached hydrogens (tertiary/aromatic N) is 5. The summed E-state index contributed by atoms with van der Waals surface area (Å²) in [5.74, 6) is -0.105. The summed E-state index contributed by atoms with van der Waals surface area (Å²) in [5, 5.41) is 5.17. The zero-order chi connectivity index (χ0) is 23.9. The van der Waals surface area contributed by atoms with Crippen LogP contribution in [0.25, 0.3) is 33.4 Å². The quantitative estimate of drug-likeness (QED) is 0.364. The Balaban J connectivity index is 1.66. The summed E-state index contributed by atoms with van der Waals surface area (Å²) in [5.41, 5.74) is 11.0. The molecular weight excluding hydrogens is 429 g/mol. The van der Waals surface area contributed by atoms with E-state index in [0.29, 0.717) is 23.4 Å². The Hall–Kier alpha value is -4.07. The van der Waals surface area contributed by atoms with Gasteiger partial charge in [0, 0.05) is 53.1 Å². The zero-order valence-corrected chi connectivity index (χ0v) is 19.4. The van der Waals surface area contributed by atoms with Crippen LogP contribution in [0.1, 0.15) is 37.9 Å². The molecule has 0 saturated carbocycles. The molecule has 5 aromatic rings. The predicted octanol–water partition coefficient (Wildman–Crippen LogP) is 5.25. The lowest BCUT2D eigenvalue weighted by Gasteiger charge is -2.30. The Morgan fingerprint density at radius 2 is 1.94 bits per heavy atom. The number of nitrogens with one attached hydrogen (secondary N) is 1. The van der Waals surface area contributed by atoms with Gasteiger partial charge in [-0.25, -0.2) is 19.3 Å². The van der Waals surface area contributed by atoms with E-state index in [1.165, 1.54) is 6.07 Å². The third-order valence-corrected chi connectivity index (χ3v) is 6.37. The molecule has 7 nitrogen and oxygen atoms in total. The van der Waals surface area contributed by atoms with Gasteiger partial charge < -0.3 is 10.7 Å². The van der Waals surface area contributed by atoms with Crippen molar-refractivity contribution in [3.05, 3.63) is 78.3 Å². The molecule has 0 aliphatic carbocycles. The summed E-state index contributed by atoms with van der Waals surface area (Å²) in [7, 11) is 1.88. The van der Waals surface area contributed by atoms with Crippen LogP contribution >= 0.6 is 0 Å². The van der Waals surface area contributed by atoms with Gasteiger partial charge in [0.25, 0.3) is 0 Å². The molecule has 0 saturated heterocycles.